The van der Waals surface area contributed by atoms with Crippen LogP contribution in [-0.4, -0.2) is 40.7 Å². The molecule has 21 heavy (non-hydrogen) atoms. The van der Waals surface area contributed by atoms with Crippen LogP contribution < -0.4 is 10.2 Å². The minimum absolute atomic E-state index is 0.714. The number of piperidine rings is 1. The quantitative estimate of drug-likeness (QED) is 0.856. The number of hydrogen-bond donors (Lipinski definition) is 1. The Hall–Kier alpha value is -1.62. The van der Waals surface area contributed by atoms with Crippen molar-refractivity contribution in [2.75, 3.05) is 31.1 Å². The molecule has 0 aliphatic carbocycles. The van der Waals surface area contributed by atoms with E-state index in [1.165, 1.54) is 19.3 Å². The van der Waals surface area contributed by atoms with Crippen molar-refractivity contribution in [2.45, 2.75) is 26.2 Å². The monoisotopic (exact) mass is 287 g/mol. The van der Waals surface area contributed by atoms with Gasteiger partial charge in [0.15, 0.2) is 5.82 Å². The van der Waals surface area contributed by atoms with Crippen LogP contribution in [0.3, 0.4) is 0 Å². The van der Waals surface area contributed by atoms with Crippen molar-refractivity contribution in [3.05, 3.63) is 18.6 Å². The number of fused-ring (bicyclic) bond motifs is 1. The van der Waals surface area contributed by atoms with Gasteiger partial charge < -0.3 is 14.8 Å². The molecule has 0 radical (unpaired) electrons. The van der Waals surface area contributed by atoms with Gasteiger partial charge in [-0.3, -0.25) is 0 Å². The number of aryl methyl sites for hydroxylation is 1. The zero-order valence-electron chi connectivity index (χ0n) is 13.0. The van der Waals surface area contributed by atoms with E-state index >= 15 is 0 Å². The molecule has 1 fully saturated rings. The Kier molecular flexibility index (Phi) is 4.39. The van der Waals surface area contributed by atoms with E-state index in [0.717, 1.165) is 43.0 Å². The maximum atomic E-state index is 4.60. The average molecular weight is 287 g/mol. The van der Waals surface area contributed by atoms with E-state index < -0.39 is 0 Å². The summed E-state index contributed by atoms with van der Waals surface area (Å²) in [4.78, 5) is 11.6. The highest BCUT2D eigenvalue weighted by molar-refractivity contribution is 5.86. The lowest BCUT2D eigenvalue weighted by molar-refractivity contribution is 0.391. The van der Waals surface area contributed by atoms with E-state index in [9.17, 15) is 0 Å². The first-order valence-electron chi connectivity index (χ1n) is 8.01. The second-order valence-electron chi connectivity index (χ2n) is 6.02. The summed E-state index contributed by atoms with van der Waals surface area (Å²) in [6.07, 6.45) is 7.53. The van der Waals surface area contributed by atoms with Crippen LogP contribution in [0.4, 0.5) is 5.82 Å². The summed E-state index contributed by atoms with van der Waals surface area (Å²) in [7, 11) is 2.03. The van der Waals surface area contributed by atoms with Crippen molar-refractivity contribution in [2.24, 2.45) is 13.0 Å². The highest BCUT2D eigenvalue weighted by Gasteiger charge is 2.22. The third-order valence-electron chi connectivity index (χ3n) is 4.30. The van der Waals surface area contributed by atoms with Gasteiger partial charge in [0.25, 0.3) is 0 Å². The van der Waals surface area contributed by atoms with Gasteiger partial charge >= 0.3 is 0 Å². The summed E-state index contributed by atoms with van der Waals surface area (Å²) in [5, 5.41) is 3.55. The molecule has 2 aromatic rings. The summed E-state index contributed by atoms with van der Waals surface area (Å²) in [5.74, 6) is 1.76. The fourth-order valence-corrected chi connectivity index (χ4v) is 3.19. The molecule has 3 heterocycles. The van der Waals surface area contributed by atoms with E-state index in [1.807, 2.05) is 25.6 Å². The lowest BCUT2D eigenvalue weighted by Gasteiger charge is -2.33. The molecule has 0 aromatic carbocycles. The standard InChI is InChI=1S/C16H25N5/c1-3-7-17-10-13-5-4-9-21(11-13)16-15-14(6-8-18-16)20(2)12-19-15/h6,8,12-13,17H,3-5,7,9-11H2,1-2H3. The first-order valence-corrected chi connectivity index (χ1v) is 8.01. The molecule has 0 saturated carbocycles. The van der Waals surface area contributed by atoms with E-state index in [-0.39, 0.29) is 0 Å². The van der Waals surface area contributed by atoms with E-state index in [4.69, 9.17) is 0 Å². The predicted octanol–water partition coefficient (Wildman–Crippen LogP) is 2.18. The first kappa shape index (κ1) is 14.3. The topological polar surface area (TPSA) is 46.0 Å². The van der Waals surface area contributed by atoms with Gasteiger partial charge in [-0.05, 0) is 44.3 Å². The predicted molar refractivity (Wildman–Crippen MR) is 86.6 cm³/mol. The molecule has 114 valence electrons. The van der Waals surface area contributed by atoms with Gasteiger partial charge in [-0.1, -0.05) is 6.92 Å². The van der Waals surface area contributed by atoms with Crippen LogP contribution in [0.1, 0.15) is 26.2 Å². The van der Waals surface area contributed by atoms with Crippen molar-refractivity contribution in [3.63, 3.8) is 0 Å². The normalized spacial score (nSPS) is 19.3. The number of nitrogens with one attached hydrogen (secondary N) is 1. The van der Waals surface area contributed by atoms with Crippen molar-refractivity contribution >= 4 is 16.9 Å². The second-order valence-corrected chi connectivity index (χ2v) is 6.02. The summed E-state index contributed by atoms with van der Waals surface area (Å²) in [6.45, 7) is 6.62. The van der Waals surface area contributed by atoms with Gasteiger partial charge in [0.1, 0.15) is 5.52 Å². The molecule has 1 aliphatic heterocycles. The highest BCUT2D eigenvalue weighted by atomic mass is 15.2. The van der Waals surface area contributed by atoms with Gasteiger partial charge in [-0.15, -0.1) is 0 Å². The second kappa shape index (κ2) is 6.43. The Morgan fingerprint density at radius 3 is 3.14 bits per heavy atom. The van der Waals surface area contributed by atoms with Crippen LogP contribution in [-0.2, 0) is 7.05 Å². The maximum absolute atomic E-state index is 4.60. The molecule has 3 rings (SSSR count). The lowest BCUT2D eigenvalue weighted by Crippen LogP contribution is -2.40. The highest BCUT2D eigenvalue weighted by Crippen LogP contribution is 2.26. The van der Waals surface area contributed by atoms with Crippen molar-refractivity contribution < 1.29 is 0 Å². The smallest absolute Gasteiger partial charge is 0.156 e. The molecular weight excluding hydrogens is 262 g/mol. The van der Waals surface area contributed by atoms with Crippen molar-refractivity contribution in [3.8, 4) is 0 Å². The minimum Gasteiger partial charge on any atom is -0.354 e. The molecule has 5 nitrogen and oxygen atoms in total. The Morgan fingerprint density at radius 1 is 1.38 bits per heavy atom. The number of anilines is 1. The first-order chi connectivity index (χ1) is 10.3. The third-order valence-corrected chi connectivity index (χ3v) is 4.30. The van der Waals surface area contributed by atoms with Gasteiger partial charge in [-0.2, -0.15) is 0 Å². The Labute approximate surface area is 126 Å². The molecule has 1 saturated heterocycles. The van der Waals surface area contributed by atoms with Crippen LogP contribution in [0.25, 0.3) is 11.0 Å². The Bertz CT molecular complexity index is 591. The van der Waals surface area contributed by atoms with Gasteiger partial charge in [-0.25, -0.2) is 9.97 Å². The van der Waals surface area contributed by atoms with Gasteiger partial charge in [0.05, 0.1) is 11.8 Å². The van der Waals surface area contributed by atoms with E-state index in [0.29, 0.717) is 5.92 Å². The molecule has 1 atom stereocenters. The van der Waals surface area contributed by atoms with Crippen molar-refractivity contribution in [1.82, 2.24) is 19.9 Å². The number of imidazole rings is 1. The number of rotatable bonds is 5. The molecule has 0 bridgehead atoms. The SMILES string of the molecule is CCCNCC1CCCN(c2nccc3c2ncn3C)C1. The maximum Gasteiger partial charge on any atom is 0.156 e. The zero-order valence-corrected chi connectivity index (χ0v) is 13.0. The molecule has 1 aliphatic rings. The molecule has 0 amide bonds. The zero-order chi connectivity index (χ0) is 14.7. The fraction of sp³-hybridized carbons (Fsp3) is 0.625. The summed E-state index contributed by atoms with van der Waals surface area (Å²) < 4.78 is 2.06. The number of aromatic nitrogens is 3. The molecular formula is C16H25N5. The summed E-state index contributed by atoms with van der Waals surface area (Å²) in [6, 6.07) is 2.04. The summed E-state index contributed by atoms with van der Waals surface area (Å²) in [5.41, 5.74) is 2.19. The van der Waals surface area contributed by atoms with Gasteiger partial charge in [0, 0.05) is 26.3 Å². The van der Waals surface area contributed by atoms with Crippen molar-refractivity contribution in [1.29, 1.82) is 0 Å². The summed E-state index contributed by atoms with van der Waals surface area (Å²) >= 11 is 0. The van der Waals surface area contributed by atoms with E-state index in [1.54, 1.807) is 0 Å². The molecule has 5 heteroatoms. The molecule has 2 aromatic heterocycles. The minimum atomic E-state index is 0.714. The van der Waals surface area contributed by atoms with Gasteiger partial charge in [0.2, 0.25) is 0 Å². The number of nitrogens with zero attached hydrogens (tertiary/aromatic N) is 4. The lowest BCUT2D eigenvalue weighted by atomic mass is 9.98. The van der Waals surface area contributed by atoms with Crippen LogP contribution in [0, 0.1) is 5.92 Å². The van der Waals surface area contributed by atoms with E-state index in [2.05, 4.69) is 31.7 Å². The third kappa shape index (κ3) is 3.02. The molecule has 0 spiro atoms. The average Bonchev–Trinajstić information content (AvgIpc) is 2.90. The van der Waals surface area contributed by atoms with Crippen LogP contribution in [0.5, 0.6) is 0 Å². The Balaban J connectivity index is 1.75. The largest absolute Gasteiger partial charge is 0.354 e. The molecule has 1 unspecified atom stereocenters. The number of hydrogen-bond acceptors (Lipinski definition) is 4. The van der Waals surface area contributed by atoms with Crippen LogP contribution in [0.2, 0.25) is 0 Å². The molecule has 1 N–H and O–H groups in total. The Morgan fingerprint density at radius 2 is 2.29 bits per heavy atom. The van der Waals surface area contributed by atoms with Crippen LogP contribution in [0.15, 0.2) is 18.6 Å². The number of pyridine rings is 1. The van der Waals surface area contributed by atoms with Crippen LogP contribution >= 0.6 is 0 Å². The fourth-order valence-electron chi connectivity index (χ4n) is 3.19.